The second-order valence-electron chi connectivity index (χ2n) is 8.82. The van der Waals surface area contributed by atoms with Gasteiger partial charge in [-0.05, 0) is 35.2 Å². The average molecular weight is 480 g/mol. The summed E-state index contributed by atoms with van der Waals surface area (Å²) in [5, 5.41) is 2.87. The summed E-state index contributed by atoms with van der Waals surface area (Å²) in [5.74, 6) is 0. The lowest BCUT2D eigenvalue weighted by atomic mass is 10.0. The molecule has 0 fully saturated rings. The van der Waals surface area contributed by atoms with Gasteiger partial charge in [0.2, 0.25) is 0 Å². The number of nitrogens with one attached hydrogen (secondary N) is 1. The van der Waals surface area contributed by atoms with Crippen LogP contribution in [0.5, 0.6) is 0 Å². The van der Waals surface area contributed by atoms with Gasteiger partial charge in [0, 0.05) is 44.0 Å². The molecule has 0 saturated heterocycles. The van der Waals surface area contributed by atoms with E-state index in [4.69, 9.17) is 4.74 Å². The van der Waals surface area contributed by atoms with Crippen LogP contribution in [0.4, 0.5) is 4.79 Å². The molecule has 184 valence electrons. The predicted octanol–water partition coefficient (Wildman–Crippen LogP) is 5.66. The summed E-state index contributed by atoms with van der Waals surface area (Å²) in [6.45, 7) is 2.30. The average Bonchev–Trinajstić information content (AvgIpc) is 2.93. The van der Waals surface area contributed by atoms with Crippen molar-refractivity contribution < 1.29 is 9.53 Å². The van der Waals surface area contributed by atoms with E-state index in [1.807, 2.05) is 36.4 Å². The number of aromatic nitrogens is 1. The van der Waals surface area contributed by atoms with Crippen LogP contribution in [-0.2, 0) is 30.7 Å². The van der Waals surface area contributed by atoms with Crippen LogP contribution in [0.3, 0.4) is 0 Å². The highest BCUT2D eigenvalue weighted by molar-refractivity contribution is 5.67. The maximum atomic E-state index is 12.6. The van der Waals surface area contributed by atoms with Crippen LogP contribution in [0.15, 0.2) is 115 Å². The molecule has 0 aliphatic heterocycles. The van der Waals surface area contributed by atoms with E-state index >= 15 is 0 Å². The Morgan fingerprint density at radius 3 is 1.86 bits per heavy atom. The van der Waals surface area contributed by atoms with Gasteiger partial charge in [0.15, 0.2) is 0 Å². The van der Waals surface area contributed by atoms with E-state index in [-0.39, 0.29) is 6.04 Å². The predicted molar refractivity (Wildman–Crippen MR) is 143 cm³/mol. The van der Waals surface area contributed by atoms with Gasteiger partial charge >= 0.3 is 6.09 Å². The molecule has 0 aliphatic carbocycles. The van der Waals surface area contributed by atoms with Crippen LogP contribution < -0.4 is 5.32 Å². The van der Waals surface area contributed by atoms with Crippen molar-refractivity contribution in [3.8, 4) is 0 Å². The van der Waals surface area contributed by atoms with Crippen molar-refractivity contribution in [2.45, 2.75) is 32.0 Å². The Balaban J connectivity index is 1.45. The van der Waals surface area contributed by atoms with Crippen LogP contribution in [0.2, 0.25) is 0 Å². The Kier molecular flexibility index (Phi) is 9.64. The first kappa shape index (κ1) is 25.1. The topological polar surface area (TPSA) is 54.5 Å². The first-order chi connectivity index (χ1) is 17.8. The van der Waals surface area contributed by atoms with Crippen molar-refractivity contribution in [3.63, 3.8) is 0 Å². The Bertz CT molecular complexity index is 1110. The number of hydrogen-bond donors (Lipinski definition) is 1. The largest absolute Gasteiger partial charge is 0.448 e. The zero-order chi connectivity index (χ0) is 24.8. The lowest BCUT2D eigenvalue weighted by Gasteiger charge is -2.32. The molecule has 1 N–H and O–H groups in total. The van der Waals surface area contributed by atoms with Gasteiger partial charge in [0.05, 0.1) is 0 Å². The van der Waals surface area contributed by atoms with E-state index in [0.717, 1.165) is 25.2 Å². The van der Waals surface area contributed by atoms with Crippen LogP contribution in [0, 0.1) is 0 Å². The third-order valence-electron chi connectivity index (χ3n) is 6.07. The fourth-order valence-corrected chi connectivity index (χ4v) is 4.19. The van der Waals surface area contributed by atoms with Crippen LogP contribution >= 0.6 is 0 Å². The van der Waals surface area contributed by atoms with Crippen molar-refractivity contribution in [1.29, 1.82) is 0 Å². The third kappa shape index (κ3) is 8.36. The number of nitrogens with zero attached hydrogens (tertiary/aromatic N) is 2. The molecular formula is C31H33N3O2. The number of benzene rings is 3. The molecule has 0 radical (unpaired) electrons. The Morgan fingerprint density at radius 2 is 1.31 bits per heavy atom. The number of rotatable bonds is 12. The van der Waals surface area contributed by atoms with Gasteiger partial charge in [-0.15, -0.1) is 0 Å². The van der Waals surface area contributed by atoms with Crippen LogP contribution in [0.1, 0.15) is 22.4 Å². The van der Waals surface area contributed by atoms with Crippen molar-refractivity contribution in [2.24, 2.45) is 0 Å². The highest BCUT2D eigenvalue weighted by atomic mass is 16.5. The van der Waals surface area contributed by atoms with Gasteiger partial charge < -0.3 is 10.1 Å². The normalized spacial score (nSPS) is 11.7. The molecule has 1 heterocycles. The molecule has 0 aliphatic rings. The molecule has 1 amide bonds. The number of carbonyl (C=O) groups excluding carboxylic acids is 1. The molecular weight excluding hydrogens is 446 g/mol. The number of alkyl carbamates (subject to hydrolysis) is 1. The van der Waals surface area contributed by atoms with Gasteiger partial charge in [-0.1, -0.05) is 97.1 Å². The fourth-order valence-electron chi connectivity index (χ4n) is 4.19. The molecule has 36 heavy (non-hydrogen) atoms. The monoisotopic (exact) mass is 479 g/mol. The third-order valence-corrected chi connectivity index (χ3v) is 6.07. The number of amides is 1. The Hall–Kier alpha value is -3.96. The maximum absolute atomic E-state index is 12.6. The minimum atomic E-state index is -0.400. The number of carbonyl (C=O) groups is 1. The molecule has 5 nitrogen and oxygen atoms in total. The molecule has 3 aromatic carbocycles. The van der Waals surface area contributed by atoms with E-state index in [2.05, 4.69) is 88.0 Å². The molecule has 4 aromatic rings. The van der Waals surface area contributed by atoms with E-state index < -0.39 is 6.09 Å². The zero-order valence-corrected chi connectivity index (χ0v) is 20.5. The minimum Gasteiger partial charge on any atom is -0.448 e. The molecule has 4 rings (SSSR count). The molecule has 0 bridgehead atoms. The lowest BCUT2D eigenvalue weighted by Crippen LogP contribution is -2.41. The van der Waals surface area contributed by atoms with Gasteiger partial charge in [0.25, 0.3) is 0 Å². The summed E-state index contributed by atoms with van der Waals surface area (Å²) in [6, 6.07) is 37.1. The van der Waals surface area contributed by atoms with E-state index in [1.165, 1.54) is 16.7 Å². The summed E-state index contributed by atoms with van der Waals surface area (Å²) >= 11 is 0. The SMILES string of the molecule is O=C(NCCc1ccccn1)OCC(Cc1ccccc1)N(Cc1ccccc1)Cc1ccccc1. The fraction of sp³-hybridized carbons (Fsp3) is 0.226. The highest BCUT2D eigenvalue weighted by Gasteiger charge is 2.22. The lowest BCUT2D eigenvalue weighted by molar-refractivity contribution is 0.0809. The maximum Gasteiger partial charge on any atom is 0.407 e. The Morgan fingerprint density at radius 1 is 0.750 bits per heavy atom. The van der Waals surface area contributed by atoms with Gasteiger partial charge in [0.1, 0.15) is 6.61 Å². The summed E-state index contributed by atoms with van der Waals surface area (Å²) in [6.07, 6.45) is 2.80. The number of hydrogen-bond acceptors (Lipinski definition) is 4. The van der Waals surface area contributed by atoms with E-state index in [9.17, 15) is 4.79 Å². The molecule has 1 aromatic heterocycles. The highest BCUT2D eigenvalue weighted by Crippen LogP contribution is 2.18. The van der Waals surface area contributed by atoms with Gasteiger partial charge in [-0.25, -0.2) is 4.79 Å². The first-order valence-electron chi connectivity index (χ1n) is 12.4. The molecule has 1 atom stereocenters. The molecule has 1 unspecified atom stereocenters. The second kappa shape index (κ2) is 13.8. The van der Waals surface area contributed by atoms with E-state index in [0.29, 0.717) is 19.6 Å². The smallest absolute Gasteiger partial charge is 0.407 e. The van der Waals surface area contributed by atoms with Crippen LogP contribution in [0.25, 0.3) is 0 Å². The van der Waals surface area contributed by atoms with Gasteiger partial charge in [-0.2, -0.15) is 0 Å². The van der Waals surface area contributed by atoms with Crippen molar-refractivity contribution in [2.75, 3.05) is 13.2 Å². The summed E-state index contributed by atoms with van der Waals surface area (Å²) in [7, 11) is 0. The number of pyridine rings is 1. The van der Waals surface area contributed by atoms with Crippen molar-refractivity contribution in [1.82, 2.24) is 15.2 Å². The van der Waals surface area contributed by atoms with Crippen molar-refractivity contribution in [3.05, 3.63) is 138 Å². The summed E-state index contributed by atoms with van der Waals surface area (Å²) < 4.78 is 5.76. The van der Waals surface area contributed by atoms with Crippen molar-refractivity contribution >= 4 is 6.09 Å². The molecule has 0 spiro atoms. The quantitative estimate of drug-likeness (QED) is 0.285. The zero-order valence-electron chi connectivity index (χ0n) is 20.5. The summed E-state index contributed by atoms with van der Waals surface area (Å²) in [4.78, 5) is 19.3. The first-order valence-corrected chi connectivity index (χ1v) is 12.4. The second-order valence-corrected chi connectivity index (χ2v) is 8.82. The molecule has 5 heteroatoms. The number of ether oxygens (including phenoxy) is 1. The minimum absolute atomic E-state index is 0.00866. The standard InChI is InChI=1S/C31H33N3O2/c35-31(33-21-19-29-18-10-11-20-32-29)36-25-30(22-26-12-4-1-5-13-26)34(23-27-14-6-2-7-15-27)24-28-16-8-3-9-17-28/h1-18,20,30H,19,21-25H2,(H,33,35). The van der Waals surface area contributed by atoms with Crippen LogP contribution in [-0.4, -0.2) is 35.2 Å². The van der Waals surface area contributed by atoms with Gasteiger partial charge in [-0.3, -0.25) is 9.88 Å². The van der Waals surface area contributed by atoms with E-state index in [1.54, 1.807) is 6.20 Å². The summed E-state index contributed by atoms with van der Waals surface area (Å²) in [5.41, 5.74) is 4.61. The Labute approximate surface area is 213 Å². The molecule has 0 saturated carbocycles.